The van der Waals surface area contributed by atoms with Crippen LogP contribution in [0.5, 0.6) is 0 Å². The van der Waals surface area contributed by atoms with Crippen molar-refractivity contribution >= 4 is 75.7 Å². The third-order valence-corrected chi connectivity index (χ3v) is 53.1. The molecule has 0 bridgehead atoms. The molecule has 0 aliphatic heterocycles. The van der Waals surface area contributed by atoms with Crippen molar-refractivity contribution in [2.75, 3.05) is 0 Å². The van der Waals surface area contributed by atoms with Gasteiger partial charge in [0, 0.05) is 56.5 Å². The molecule has 0 N–H and O–H groups in total. The highest BCUT2D eigenvalue weighted by atomic mass is 28.5. The fourth-order valence-electron chi connectivity index (χ4n) is 12.2. The molecule has 0 unspecified atom stereocenters. The van der Waals surface area contributed by atoms with Gasteiger partial charge in [0.2, 0.25) is 0 Å². The van der Waals surface area contributed by atoms with Gasteiger partial charge in [-0.15, -0.1) is 0 Å². The maximum atomic E-state index is 2.97. The van der Waals surface area contributed by atoms with E-state index in [1.807, 2.05) is 21.9 Å². The van der Waals surface area contributed by atoms with Gasteiger partial charge < -0.3 is 0 Å². The van der Waals surface area contributed by atoms with E-state index in [-0.39, 0.29) is 0 Å². The normalized spacial score (nSPS) is 14.9. The van der Waals surface area contributed by atoms with E-state index in [0.29, 0.717) is 4.28 Å². The summed E-state index contributed by atoms with van der Waals surface area (Å²) in [7, 11) is -12.6. The molecule has 0 aliphatic rings. The molecule has 262 valence electrons. The summed E-state index contributed by atoms with van der Waals surface area (Å²) in [6, 6.07) is 17.6. The molecule has 3 aromatic rings. The first-order valence-corrected chi connectivity index (χ1v) is 44.9. The molecule has 0 spiro atoms. The Morgan fingerprint density at radius 3 is 1.13 bits per heavy atom. The predicted molar refractivity (Wildman–Crippen MR) is 242 cm³/mol. The second-order valence-corrected chi connectivity index (χ2v) is 64.1. The summed E-state index contributed by atoms with van der Waals surface area (Å²) < 4.78 is 0.373. The van der Waals surface area contributed by atoms with Crippen molar-refractivity contribution < 1.29 is 0 Å². The first-order chi connectivity index (χ1) is 20.8. The molecule has 0 aliphatic carbocycles. The van der Waals surface area contributed by atoms with Crippen LogP contribution in [0.1, 0.15) is 27.0 Å². The molecule has 8 heteroatoms. The number of hydrogen-bond donors (Lipinski definition) is 0. The number of fused-ring (bicyclic) bond motifs is 1. The van der Waals surface area contributed by atoms with Gasteiger partial charge >= 0.3 is 0 Å². The fraction of sp³-hybridized carbons (Fsp3) is 0.615. The molecule has 0 nitrogen and oxygen atoms in total. The smallest absolute Gasteiger partial charge is 0.0730 e. The molecule has 1 aromatic heterocycles. The Labute approximate surface area is 301 Å². The minimum atomic E-state index is -1.70. The molecular weight excluding hydrogens is 693 g/mol. The second-order valence-electron chi connectivity index (χ2n) is 22.4. The molecule has 47 heavy (non-hydrogen) atoms. The zero-order chi connectivity index (χ0) is 36.6. The lowest BCUT2D eigenvalue weighted by Crippen LogP contribution is -2.74. The van der Waals surface area contributed by atoms with Gasteiger partial charge in [-0.25, -0.2) is 0 Å². The van der Waals surface area contributed by atoms with Crippen LogP contribution in [0.15, 0.2) is 53.8 Å². The van der Waals surface area contributed by atoms with Gasteiger partial charge in [0.1, 0.15) is 0 Å². The summed E-state index contributed by atoms with van der Waals surface area (Å²) in [5.74, 6) is 0. The summed E-state index contributed by atoms with van der Waals surface area (Å²) >= 11 is 0. The van der Waals surface area contributed by atoms with E-state index in [4.69, 9.17) is 0 Å². The lowest BCUT2D eigenvalue weighted by atomic mass is 10.1. The van der Waals surface area contributed by atoms with E-state index in [9.17, 15) is 0 Å². The molecule has 1 heterocycles. The molecule has 0 saturated carbocycles. The van der Waals surface area contributed by atoms with Crippen LogP contribution in [-0.2, 0) is 4.28 Å². The lowest BCUT2D eigenvalue weighted by Gasteiger charge is -2.60. The van der Waals surface area contributed by atoms with E-state index in [1.165, 1.54) is 10.8 Å². The van der Waals surface area contributed by atoms with E-state index < -0.39 is 64.9 Å². The molecule has 0 fully saturated rings. The number of hydrogen-bond acceptors (Lipinski definition) is 0. The van der Waals surface area contributed by atoms with Crippen molar-refractivity contribution in [3.05, 3.63) is 70.5 Å². The standard InChI is InChI=1S/C39H74Si8/c1-41(2,3)37(42(4,5)6)34-28-33(39(45(13,14)15,46(16,17)18)47(19,20)21)29-35(38(43(7,8)9)44(10,11)12)36(34)40-27-26-31-24-22-23-25-32(31)30-40/h22-30,37-38H,1-21H3. The highest BCUT2D eigenvalue weighted by molar-refractivity contribution is 7.14. The van der Waals surface area contributed by atoms with E-state index in [1.54, 1.807) is 0 Å². The van der Waals surface area contributed by atoms with Gasteiger partial charge in [0.15, 0.2) is 0 Å². The van der Waals surface area contributed by atoms with E-state index in [2.05, 4.69) is 191 Å². The van der Waals surface area contributed by atoms with Crippen LogP contribution >= 0.6 is 0 Å². The van der Waals surface area contributed by atoms with Crippen LogP contribution in [0.3, 0.4) is 0 Å². The summed E-state index contributed by atoms with van der Waals surface area (Å²) in [6.07, 6.45) is 0. The Balaban J connectivity index is 2.88. The fourth-order valence-corrected chi connectivity index (χ4v) is 70.7. The highest BCUT2D eigenvalue weighted by Gasteiger charge is 2.61. The SMILES string of the molecule is C[Si](C)(C)C(c1cc(C([Si](C)(C)C)([Si](C)(C)C)[Si](C)(C)C)cc(C([Si](C)(C)C)[Si](C)(C)C)c1-[si]1ccc2ccccc2c1)[Si](C)(C)C. The average Bonchev–Trinajstić information content (AvgIpc) is 2.77. The zero-order valence-electron chi connectivity index (χ0n) is 34.9. The molecular formula is C39H74Si8. The number of benzene rings is 2. The van der Waals surface area contributed by atoms with Crippen molar-refractivity contribution in [1.29, 1.82) is 0 Å². The minimum Gasteiger partial charge on any atom is -0.0730 e. The van der Waals surface area contributed by atoms with E-state index >= 15 is 0 Å². The van der Waals surface area contributed by atoms with Gasteiger partial charge in [-0.2, -0.15) is 0 Å². The minimum absolute atomic E-state index is 0.373. The molecule has 3 rings (SSSR count). The third-order valence-electron chi connectivity index (χ3n) is 11.1. The van der Waals surface area contributed by atoms with Crippen molar-refractivity contribution in [3.8, 4) is 5.19 Å². The van der Waals surface area contributed by atoms with Gasteiger partial charge in [-0.3, -0.25) is 0 Å². The Hall–Kier alpha value is -0.215. The zero-order valence-corrected chi connectivity index (χ0v) is 42.9. The van der Waals surface area contributed by atoms with Gasteiger partial charge in [0.05, 0.1) is 8.40 Å². The summed E-state index contributed by atoms with van der Waals surface area (Å²) in [5, 5.41) is 6.15. The van der Waals surface area contributed by atoms with Gasteiger partial charge in [-0.05, 0) is 47.3 Å². The van der Waals surface area contributed by atoms with Crippen LogP contribution in [0, 0.1) is 0 Å². The van der Waals surface area contributed by atoms with E-state index in [0.717, 1.165) is 10.3 Å². The van der Waals surface area contributed by atoms with Crippen LogP contribution in [0.4, 0.5) is 0 Å². The Kier molecular flexibility index (Phi) is 11.5. The van der Waals surface area contributed by atoms with Crippen molar-refractivity contribution in [1.82, 2.24) is 0 Å². The van der Waals surface area contributed by atoms with Gasteiger partial charge in [0.25, 0.3) is 0 Å². The molecule has 0 radical (unpaired) electrons. The van der Waals surface area contributed by atoms with Crippen LogP contribution in [0.2, 0.25) is 137 Å². The Morgan fingerprint density at radius 1 is 0.468 bits per heavy atom. The molecule has 0 amide bonds. The highest BCUT2D eigenvalue weighted by Crippen LogP contribution is 2.53. The van der Waals surface area contributed by atoms with Crippen LogP contribution in [0.25, 0.3) is 16.0 Å². The summed E-state index contributed by atoms with van der Waals surface area (Å²) in [6.45, 7) is 57.2. The first-order valence-electron chi connectivity index (χ1n) is 18.5. The predicted octanol–water partition coefficient (Wildman–Crippen LogP) is 13.4. The molecule has 0 saturated heterocycles. The van der Waals surface area contributed by atoms with Crippen LogP contribution in [-0.4, -0.2) is 64.9 Å². The topological polar surface area (TPSA) is 0 Å². The van der Waals surface area contributed by atoms with Crippen molar-refractivity contribution in [3.63, 3.8) is 0 Å². The Bertz CT molecular complexity index is 1460. The largest absolute Gasteiger partial charge is 0.0737 e. The second kappa shape index (κ2) is 13.1. The quantitative estimate of drug-likeness (QED) is 0.171. The van der Waals surface area contributed by atoms with Crippen molar-refractivity contribution in [2.24, 2.45) is 0 Å². The summed E-state index contributed by atoms with van der Waals surface area (Å²) in [5.41, 5.74) is 10.9. The van der Waals surface area contributed by atoms with Gasteiger partial charge in [-0.1, -0.05) is 191 Å². The third kappa shape index (κ3) is 7.99. The molecule has 2 aromatic carbocycles. The Morgan fingerprint density at radius 2 is 0.809 bits per heavy atom. The monoisotopic (exact) mass is 766 g/mol. The maximum Gasteiger partial charge on any atom is 0.0737 e. The maximum absolute atomic E-state index is 2.97. The average molecular weight is 768 g/mol. The first kappa shape index (κ1) is 41.2. The van der Waals surface area contributed by atoms with Crippen LogP contribution < -0.4 is 0 Å². The molecule has 0 atom stereocenters. The summed E-state index contributed by atoms with van der Waals surface area (Å²) in [4.78, 5) is 0. The lowest BCUT2D eigenvalue weighted by molar-refractivity contribution is 0.994. The number of rotatable bonds is 11. The van der Waals surface area contributed by atoms with Crippen molar-refractivity contribution in [2.45, 2.75) is 152 Å².